The van der Waals surface area contributed by atoms with E-state index in [1.165, 1.54) is 0 Å². The van der Waals surface area contributed by atoms with Crippen LogP contribution in [-0.4, -0.2) is 35.5 Å². The van der Waals surface area contributed by atoms with Gasteiger partial charge >= 0.3 is 12.2 Å². The fraction of sp³-hybridized carbons (Fsp3) is 0.636. The highest BCUT2D eigenvalue weighted by Gasteiger charge is 2.22. The first kappa shape index (κ1) is 23.8. The van der Waals surface area contributed by atoms with E-state index < -0.39 is 23.4 Å². The van der Waals surface area contributed by atoms with Crippen LogP contribution in [-0.2, 0) is 15.9 Å². The van der Waals surface area contributed by atoms with Crippen molar-refractivity contribution in [2.24, 2.45) is 0 Å². The number of hydrogen-bond donors (Lipinski definition) is 2. The molecule has 0 saturated carbocycles. The number of alkyl carbamates (subject to hydrolysis) is 2. The smallest absolute Gasteiger partial charge is 0.407 e. The number of benzene rings is 1. The molecular formula is C22H36N2O4. The number of carbonyl (C=O) groups excluding carboxylic acids is 2. The molecule has 0 aliphatic carbocycles. The number of hydrogen-bond acceptors (Lipinski definition) is 4. The predicted octanol–water partition coefficient (Wildman–Crippen LogP) is 4.82. The second kappa shape index (κ2) is 10.3. The van der Waals surface area contributed by atoms with Crippen molar-refractivity contribution < 1.29 is 19.1 Å². The Morgan fingerprint density at radius 3 is 1.86 bits per heavy atom. The van der Waals surface area contributed by atoms with Gasteiger partial charge in [0, 0.05) is 12.1 Å². The highest BCUT2D eigenvalue weighted by molar-refractivity contribution is 5.68. The van der Waals surface area contributed by atoms with Gasteiger partial charge in [0.25, 0.3) is 0 Å². The third-order valence-electron chi connectivity index (χ3n) is 3.76. The first-order valence-electron chi connectivity index (χ1n) is 9.87. The molecule has 0 aliphatic rings. The van der Waals surface area contributed by atoms with Gasteiger partial charge in [-0.05, 0) is 73.3 Å². The van der Waals surface area contributed by atoms with Gasteiger partial charge in [-0.15, -0.1) is 0 Å². The first-order chi connectivity index (χ1) is 12.8. The molecule has 158 valence electrons. The predicted molar refractivity (Wildman–Crippen MR) is 111 cm³/mol. The van der Waals surface area contributed by atoms with E-state index in [4.69, 9.17) is 9.47 Å². The lowest BCUT2D eigenvalue weighted by Gasteiger charge is -2.25. The van der Waals surface area contributed by atoms with Gasteiger partial charge in [-0.25, -0.2) is 9.59 Å². The molecule has 0 aromatic heterocycles. The second-order valence-corrected chi connectivity index (χ2v) is 9.16. The maximum absolute atomic E-state index is 12.2. The van der Waals surface area contributed by atoms with Crippen molar-refractivity contribution in [3.63, 3.8) is 0 Å². The molecule has 2 atom stereocenters. The maximum Gasteiger partial charge on any atom is 0.407 e. The van der Waals surface area contributed by atoms with E-state index in [0.29, 0.717) is 19.3 Å². The molecule has 1 aromatic carbocycles. The van der Waals surface area contributed by atoms with Gasteiger partial charge < -0.3 is 20.1 Å². The van der Waals surface area contributed by atoms with Gasteiger partial charge in [-0.2, -0.15) is 0 Å². The third-order valence-corrected chi connectivity index (χ3v) is 3.76. The Bertz CT molecular complexity index is 618. The molecule has 0 saturated heterocycles. The molecule has 2 amide bonds. The highest BCUT2D eigenvalue weighted by Crippen LogP contribution is 2.13. The monoisotopic (exact) mass is 392 g/mol. The summed E-state index contributed by atoms with van der Waals surface area (Å²) in [5.41, 5.74) is 0.0570. The summed E-state index contributed by atoms with van der Waals surface area (Å²) < 4.78 is 10.7. The van der Waals surface area contributed by atoms with E-state index in [2.05, 4.69) is 10.6 Å². The molecule has 0 spiro atoms. The van der Waals surface area contributed by atoms with Gasteiger partial charge in [0.1, 0.15) is 11.2 Å². The van der Waals surface area contributed by atoms with Gasteiger partial charge in [0.05, 0.1) is 0 Å². The maximum atomic E-state index is 12.2. The average Bonchev–Trinajstić information content (AvgIpc) is 2.49. The molecule has 0 heterocycles. The van der Waals surface area contributed by atoms with E-state index in [1.807, 2.05) is 78.8 Å². The minimum absolute atomic E-state index is 0.0754. The van der Waals surface area contributed by atoms with Crippen LogP contribution in [0.2, 0.25) is 0 Å². The van der Waals surface area contributed by atoms with Crippen LogP contribution in [0.25, 0.3) is 0 Å². The molecule has 0 fully saturated rings. The summed E-state index contributed by atoms with van der Waals surface area (Å²) >= 11 is 0. The zero-order valence-electron chi connectivity index (χ0n) is 18.3. The van der Waals surface area contributed by atoms with Crippen LogP contribution >= 0.6 is 0 Å². The molecule has 0 aliphatic heterocycles. The standard InChI is InChI=1S/C22H36N2O4/c1-16(23-19(25)27-21(2,3)4)13-14-18(15-17-11-9-8-10-12-17)24-20(26)28-22(5,6)7/h8-12,16,18H,13-15H2,1-7H3,(H,23,25)(H,24,26). The normalized spacial score (nSPS) is 14.0. The molecule has 2 unspecified atom stereocenters. The van der Waals surface area contributed by atoms with Gasteiger partial charge in [0.2, 0.25) is 0 Å². The van der Waals surface area contributed by atoms with E-state index in [9.17, 15) is 9.59 Å². The second-order valence-electron chi connectivity index (χ2n) is 9.16. The Balaban J connectivity index is 2.63. The number of nitrogens with one attached hydrogen (secondary N) is 2. The zero-order chi connectivity index (χ0) is 21.4. The molecule has 0 bridgehead atoms. The zero-order valence-corrected chi connectivity index (χ0v) is 18.3. The van der Waals surface area contributed by atoms with Crippen molar-refractivity contribution in [1.29, 1.82) is 0 Å². The van der Waals surface area contributed by atoms with Gasteiger partial charge in [-0.1, -0.05) is 30.3 Å². The van der Waals surface area contributed by atoms with Gasteiger partial charge in [0.15, 0.2) is 0 Å². The molecule has 0 radical (unpaired) electrons. The topological polar surface area (TPSA) is 76.7 Å². The lowest BCUT2D eigenvalue weighted by atomic mass is 10.00. The Morgan fingerprint density at radius 1 is 0.857 bits per heavy atom. The molecular weight excluding hydrogens is 356 g/mol. The van der Waals surface area contributed by atoms with E-state index in [-0.39, 0.29) is 12.1 Å². The Morgan fingerprint density at radius 2 is 1.36 bits per heavy atom. The lowest BCUT2D eigenvalue weighted by molar-refractivity contribution is 0.0477. The molecule has 6 nitrogen and oxygen atoms in total. The summed E-state index contributed by atoms with van der Waals surface area (Å²) in [4.78, 5) is 24.1. The van der Waals surface area contributed by atoms with Crippen molar-refractivity contribution in [1.82, 2.24) is 10.6 Å². The van der Waals surface area contributed by atoms with Crippen molar-refractivity contribution in [2.75, 3.05) is 0 Å². The Labute approximate surface area is 169 Å². The highest BCUT2D eigenvalue weighted by atomic mass is 16.6. The summed E-state index contributed by atoms with van der Waals surface area (Å²) in [5, 5.41) is 5.81. The number of ether oxygens (including phenoxy) is 2. The average molecular weight is 393 g/mol. The van der Waals surface area contributed by atoms with Crippen molar-refractivity contribution in [2.45, 2.75) is 91.0 Å². The van der Waals surface area contributed by atoms with Crippen molar-refractivity contribution in [3.8, 4) is 0 Å². The summed E-state index contributed by atoms with van der Waals surface area (Å²) in [5.74, 6) is 0. The van der Waals surface area contributed by atoms with Crippen LogP contribution in [0.15, 0.2) is 30.3 Å². The SMILES string of the molecule is CC(CCC(Cc1ccccc1)NC(=O)OC(C)(C)C)NC(=O)OC(C)(C)C. The van der Waals surface area contributed by atoms with Crippen LogP contribution in [0.3, 0.4) is 0 Å². The first-order valence-corrected chi connectivity index (χ1v) is 9.87. The summed E-state index contributed by atoms with van der Waals surface area (Å²) in [6, 6.07) is 9.82. The van der Waals surface area contributed by atoms with Gasteiger partial charge in [-0.3, -0.25) is 0 Å². The minimum atomic E-state index is -0.549. The molecule has 1 rings (SSSR count). The van der Waals surface area contributed by atoms with E-state index in [1.54, 1.807) is 0 Å². The number of rotatable bonds is 7. The van der Waals surface area contributed by atoms with Crippen LogP contribution in [0.4, 0.5) is 9.59 Å². The van der Waals surface area contributed by atoms with Crippen molar-refractivity contribution in [3.05, 3.63) is 35.9 Å². The number of amides is 2. The van der Waals surface area contributed by atoms with Crippen LogP contribution in [0.5, 0.6) is 0 Å². The van der Waals surface area contributed by atoms with Crippen LogP contribution in [0, 0.1) is 0 Å². The molecule has 28 heavy (non-hydrogen) atoms. The lowest BCUT2D eigenvalue weighted by Crippen LogP contribution is -2.42. The third kappa shape index (κ3) is 11.5. The summed E-state index contributed by atoms with van der Waals surface area (Å²) in [7, 11) is 0. The fourth-order valence-corrected chi connectivity index (χ4v) is 2.63. The Kier molecular flexibility index (Phi) is 8.79. The quantitative estimate of drug-likeness (QED) is 0.698. The minimum Gasteiger partial charge on any atom is -0.444 e. The summed E-state index contributed by atoms with van der Waals surface area (Å²) in [6.45, 7) is 12.9. The largest absolute Gasteiger partial charge is 0.444 e. The number of carbonyl (C=O) groups is 2. The summed E-state index contributed by atoms with van der Waals surface area (Å²) in [6.07, 6.45) is 1.23. The fourth-order valence-electron chi connectivity index (χ4n) is 2.63. The molecule has 1 aromatic rings. The Hall–Kier alpha value is -2.24. The molecule has 6 heteroatoms. The molecule has 2 N–H and O–H groups in total. The van der Waals surface area contributed by atoms with E-state index >= 15 is 0 Å². The van der Waals surface area contributed by atoms with E-state index in [0.717, 1.165) is 5.56 Å². The van der Waals surface area contributed by atoms with Crippen molar-refractivity contribution >= 4 is 12.2 Å². The van der Waals surface area contributed by atoms with Crippen LogP contribution < -0.4 is 10.6 Å². The van der Waals surface area contributed by atoms with Crippen LogP contribution in [0.1, 0.15) is 66.9 Å².